The molecule has 0 fully saturated rings. The van der Waals surface area contributed by atoms with Crippen LogP contribution in [0.5, 0.6) is 0 Å². The molecule has 0 heterocycles. The first-order chi connectivity index (χ1) is 14.1. The van der Waals surface area contributed by atoms with E-state index in [1.165, 1.54) is 11.1 Å². The van der Waals surface area contributed by atoms with Gasteiger partial charge in [-0.3, -0.25) is 9.79 Å². The van der Waals surface area contributed by atoms with Crippen molar-refractivity contribution in [2.75, 3.05) is 23.8 Å². The second kappa shape index (κ2) is 10.5. The fourth-order valence-corrected chi connectivity index (χ4v) is 3.48. The first-order valence-corrected chi connectivity index (χ1v) is 10.5. The van der Waals surface area contributed by atoms with Crippen LogP contribution >= 0.6 is 11.8 Å². The number of carbonyl (C=O) groups excluding carboxylic acids is 1. The van der Waals surface area contributed by atoms with Gasteiger partial charge in [0.2, 0.25) is 5.91 Å². The van der Waals surface area contributed by atoms with Gasteiger partial charge >= 0.3 is 0 Å². The molecule has 1 amide bonds. The number of para-hydroxylation sites is 2. The maximum Gasteiger partial charge on any atom is 0.248 e. The van der Waals surface area contributed by atoms with E-state index in [0.29, 0.717) is 0 Å². The molecule has 3 aromatic rings. The number of carbonyl (C=O) groups is 1. The molecule has 1 N–H and O–H groups in total. The molecule has 0 spiro atoms. The lowest BCUT2D eigenvalue weighted by atomic mass is 10.2. The Kier molecular flexibility index (Phi) is 7.47. The van der Waals surface area contributed by atoms with Crippen LogP contribution in [0.2, 0.25) is 0 Å². The highest BCUT2D eigenvalue weighted by Gasteiger charge is 2.11. The van der Waals surface area contributed by atoms with Gasteiger partial charge in [-0.25, -0.2) is 0 Å². The molecule has 3 rings (SSSR count). The van der Waals surface area contributed by atoms with Crippen LogP contribution in [0.4, 0.5) is 11.4 Å². The van der Waals surface area contributed by atoms with Gasteiger partial charge in [-0.15, -0.1) is 0 Å². The van der Waals surface area contributed by atoms with Crippen molar-refractivity contribution in [3.63, 3.8) is 0 Å². The molecule has 29 heavy (non-hydrogen) atoms. The number of amidine groups is 1. The third-order valence-corrected chi connectivity index (χ3v) is 5.38. The molecule has 0 aliphatic carbocycles. The van der Waals surface area contributed by atoms with Gasteiger partial charge in [0.05, 0.1) is 0 Å². The monoisotopic (exact) mass is 403 g/mol. The Bertz CT molecular complexity index is 941. The summed E-state index contributed by atoms with van der Waals surface area (Å²) in [6, 6.07) is 27.9. The van der Waals surface area contributed by atoms with Crippen molar-refractivity contribution in [2.24, 2.45) is 4.99 Å². The Balaban J connectivity index is 1.69. The van der Waals surface area contributed by atoms with Crippen LogP contribution in [0.3, 0.4) is 0 Å². The number of benzene rings is 3. The summed E-state index contributed by atoms with van der Waals surface area (Å²) in [5.41, 5.74) is 4.27. The first kappa shape index (κ1) is 20.7. The summed E-state index contributed by atoms with van der Waals surface area (Å²) in [5.74, 6) is 0.723. The van der Waals surface area contributed by atoms with Gasteiger partial charge < -0.3 is 10.2 Å². The van der Waals surface area contributed by atoms with Gasteiger partial charge in [0.25, 0.3) is 0 Å². The fraction of sp³-hybridized carbons (Fsp3) is 0.167. The third-order valence-electron chi connectivity index (χ3n) is 4.40. The van der Waals surface area contributed by atoms with Crippen molar-refractivity contribution in [3.05, 3.63) is 96.1 Å². The van der Waals surface area contributed by atoms with Crippen molar-refractivity contribution in [3.8, 4) is 0 Å². The zero-order valence-electron chi connectivity index (χ0n) is 16.7. The summed E-state index contributed by atoms with van der Waals surface area (Å²) >= 11 is 1.59. The standard InChI is InChI=1S/C24H25N3OS/c1-19-13-15-20(16-14-19)18-29-24(26-21-9-5-3-6-10-21)25-17-23(28)27(2)22-11-7-4-8-12-22/h3-16H,17-18H2,1-2H3,(H,25,26). The quantitative estimate of drug-likeness (QED) is 0.445. The van der Waals surface area contributed by atoms with E-state index in [1.54, 1.807) is 23.7 Å². The Hall–Kier alpha value is -3.05. The van der Waals surface area contributed by atoms with Gasteiger partial charge in [0, 0.05) is 24.2 Å². The van der Waals surface area contributed by atoms with E-state index in [2.05, 4.69) is 41.5 Å². The highest BCUT2D eigenvalue weighted by Crippen LogP contribution is 2.18. The lowest BCUT2D eigenvalue weighted by Gasteiger charge is -2.16. The van der Waals surface area contributed by atoms with E-state index >= 15 is 0 Å². The molecular formula is C24H25N3OS. The lowest BCUT2D eigenvalue weighted by Crippen LogP contribution is -2.29. The molecule has 0 saturated carbocycles. The second-order valence-electron chi connectivity index (χ2n) is 6.67. The number of aliphatic imine (C=N–C) groups is 1. The maximum atomic E-state index is 12.6. The molecule has 0 bridgehead atoms. The number of hydrogen-bond donors (Lipinski definition) is 1. The zero-order chi connectivity index (χ0) is 20.5. The summed E-state index contributed by atoms with van der Waals surface area (Å²) in [6.45, 7) is 2.16. The van der Waals surface area contributed by atoms with Crippen LogP contribution in [-0.4, -0.2) is 24.7 Å². The molecule has 5 heteroatoms. The SMILES string of the molecule is Cc1ccc(CSC(=NCC(=O)N(C)c2ccccc2)Nc2ccccc2)cc1. The average Bonchev–Trinajstić information content (AvgIpc) is 2.77. The summed E-state index contributed by atoms with van der Waals surface area (Å²) in [6.07, 6.45) is 0. The second-order valence-corrected chi connectivity index (χ2v) is 7.64. The number of nitrogens with one attached hydrogen (secondary N) is 1. The minimum atomic E-state index is -0.0560. The van der Waals surface area contributed by atoms with Crippen molar-refractivity contribution in [1.82, 2.24) is 0 Å². The first-order valence-electron chi connectivity index (χ1n) is 9.48. The Morgan fingerprint density at radius 1 is 0.931 bits per heavy atom. The van der Waals surface area contributed by atoms with Crippen LogP contribution in [0.15, 0.2) is 89.9 Å². The van der Waals surface area contributed by atoms with Crippen molar-refractivity contribution in [1.29, 1.82) is 0 Å². The van der Waals surface area contributed by atoms with Crippen molar-refractivity contribution >= 4 is 34.2 Å². The van der Waals surface area contributed by atoms with E-state index in [1.807, 2.05) is 60.7 Å². The normalized spacial score (nSPS) is 11.2. The Morgan fingerprint density at radius 3 is 2.21 bits per heavy atom. The molecule has 4 nitrogen and oxygen atoms in total. The number of likely N-dealkylation sites (N-methyl/N-ethyl adjacent to an activating group) is 1. The van der Waals surface area contributed by atoms with Gasteiger partial charge in [-0.1, -0.05) is 78.0 Å². The minimum absolute atomic E-state index is 0.0560. The average molecular weight is 404 g/mol. The maximum absolute atomic E-state index is 12.6. The highest BCUT2D eigenvalue weighted by molar-refractivity contribution is 8.13. The molecule has 0 atom stereocenters. The van der Waals surface area contributed by atoms with E-state index in [-0.39, 0.29) is 12.5 Å². The van der Waals surface area contributed by atoms with E-state index < -0.39 is 0 Å². The van der Waals surface area contributed by atoms with E-state index in [0.717, 1.165) is 22.3 Å². The zero-order valence-corrected chi connectivity index (χ0v) is 17.5. The molecule has 0 unspecified atom stereocenters. The molecule has 0 aromatic heterocycles. The molecule has 148 valence electrons. The fourth-order valence-electron chi connectivity index (χ4n) is 2.64. The summed E-state index contributed by atoms with van der Waals surface area (Å²) < 4.78 is 0. The molecule has 0 aliphatic rings. The number of aryl methyl sites for hydroxylation is 1. The van der Waals surface area contributed by atoms with E-state index in [9.17, 15) is 4.79 Å². The Morgan fingerprint density at radius 2 is 1.55 bits per heavy atom. The topological polar surface area (TPSA) is 44.7 Å². The molecule has 0 saturated heterocycles. The molecule has 0 aliphatic heterocycles. The molecule has 0 radical (unpaired) electrons. The third kappa shape index (κ3) is 6.50. The number of anilines is 2. The molecule has 3 aromatic carbocycles. The number of rotatable bonds is 6. The lowest BCUT2D eigenvalue weighted by molar-refractivity contribution is -0.116. The predicted octanol–water partition coefficient (Wildman–Crippen LogP) is 5.36. The van der Waals surface area contributed by atoms with Crippen molar-refractivity contribution in [2.45, 2.75) is 12.7 Å². The van der Waals surface area contributed by atoms with Gasteiger partial charge in [-0.2, -0.15) is 0 Å². The summed E-state index contributed by atoms with van der Waals surface area (Å²) in [7, 11) is 1.77. The summed E-state index contributed by atoms with van der Waals surface area (Å²) in [5, 5.41) is 4.07. The van der Waals surface area contributed by atoms with Crippen LogP contribution in [-0.2, 0) is 10.5 Å². The molecular weight excluding hydrogens is 378 g/mol. The highest BCUT2D eigenvalue weighted by atomic mass is 32.2. The predicted molar refractivity (Wildman–Crippen MR) is 125 cm³/mol. The Labute approximate surface area is 176 Å². The van der Waals surface area contributed by atoms with Crippen molar-refractivity contribution < 1.29 is 4.79 Å². The van der Waals surface area contributed by atoms with E-state index in [4.69, 9.17) is 0 Å². The van der Waals surface area contributed by atoms with Crippen LogP contribution in [0.25, 0.3) is 0 Å². The minimum Gasteiger partial charge on any atom is -0.335 e. The number of nitrogens with zero attached hydrogens (tertiary/aromatic N) is 2. The summed E-state index contributed by atoms with van der Waals surface area (Å²) in [4.78, 5) is 18.8. The van der Waals surface area contributed by atoms with Gasteiger partial charge in [0.1, 0.15) is 6.54 Å². The largest absolute Gasteiger partial charge is 0.335 e. The van der Waals surface area contributed by atoms with Crippen LogP contribution in [0.1, 0.15) is 11.1 Å². The van der Waals surface area contributed by atoms with Crippen LogP contribution in [0, 0.1) is 6.92 Å². The number of hydrogen-bond acceptors (Lipinski definition) is 3. The van der Waals surface area contributed by atoms with Gasteiger partial charge in [0.15, 0.2) is 5.17 Å². The van der Waals surface area contributed by atoms with Crippen LogP contribution < -0.4 is 10.2 Å². The number of amides is 1. The smallest absolute Gasteiger partial charge is 0.248 e. The number of thioether (sulfide) groups is 1. The van der Waals surface area contributed by atoms with Gasteiger partial charge in [-0.05, 0) is 36.8 Å².